The van der Waals surface area contributed by atoms with Crippen LogP contribution in [0.3, 0.4) is 0 Å². The fourth-order valence-electron chi connectivity index (χ4n) is 2.72. The van der Waals surface area contributed by atoms with E-state index in [0.717, 1.165) is 39.5 Å². The highest BCUT2D eigenvalue weighted by Gasteiger charge is 2.37. The molecule has 2 unspecified atom stereocenters. The quantitative estimate of drug-likeness (QED) is 0.745. The highest BCUT2D eigenvalue weighted by atomic mass is 16.5. The van der Waals surface area contributed by atoms with Crippen molar-refractivity contribution in [2.24, 2.45) is 0 Å². The second kappa shape index (κ2) is 5.00. The molecule has 0 aromatic heterocycles. The average Bonchev–Trinajstić information content (AvgIpc) is 2.29. The Hall–Kier alpha value is -0.160. The number of hydrogen-bond donors (Lipinski definition) is 1. The van der Waals surface area contributed by atoms with Crippen LogP contribution in [0.1, 0.15) is 20.8 Å². The van der Waals surface area contributed by atoms with E-state index >= 15 is 0 Å². The van der Waals surface area contributed by atoms with Crippen molar-refractivity contribution >= 4 is 0 Å². The smallest absolute Gasteiger partial charge is 0.0852 e. The summed E-state index contributed by atoms with van der Waals surface area (Å²) in [6.07, 6.45) is 0.311. The van der Waals surface area contributed by atoms with E-state index in [1.165, 1.54) is 0 Å². The number of hydrogen-bond acceptors (Lipinski definition) is 4. The zero-order valence-corrected chi connectivity index (χ0v) is 10.7. The molecule has 4 heteroatoms. The summed E-state index contributed by atoms with van der Waals surface area (Å²) in [5, 5.41) is 3.40. The van der Waals surface area contributed by atoms with Gasteiger partial charge in [0.2, 0.25) is 0 Å². The van der Waals surface area contributed by atoms with Crippen molar-refractivity contribution in [3.8, 4) is 0 Å². The Labute approximate surface area is 98.3 Å². The Morgan fingerprint density at radius 2 is 2.19 bits per heavy atom. The minimum absolute atomic E-state index is 0.123. The van der Waals surface area contributed by atoms with Crippen LogP contribution in [0.2, 0.25) is 0 Å². The molecule has 94 valence electrons. The molecule has 0 amide bonds. The van der Waals surface area contributed by atoms with Crippen LogP contribution in [-0.4, -0.2) is 62.0 Å². The van der Waals surface area contributed by atoms with E-state index < -0.39 is 0 Å². The number of ether oxygens (including phenoxy) is 2. The molecule has 2 aliphatic rings. The van der Waals surface area contributed by atoms with E-state index in [9.17, 15) is 0 Å². The third kappa shape index (κ3) is 2.56. The molecule has 0 aliphatic carbocycles. The molecule has 0 aromatic rings. The largest absolute Gasteiger partial charge is 0.378 e. The average molecular weight is 228 g/mol. The first-order valence-electron chi connectivity index (χ1n) is 6.28. The molecular weight excluding hydrogens is 204 g/mol. The first-order chi connectivity index (χ1) is 7.61. The molecule has 1 N–H and O–H groups in total. The van der Waals surface area contributed by atoms with Gasteiger partial charge in [-0.2, -0.15) is 0 Å². The van der Waals surface area contributed by atoms with Gasteiger partial charge in [0.25, 0.3) is 0 Å². The summed E-state index contributed by atoms with van der Waals surface area (Å²) in [5.74, 6) is 0. The summed E-state index contributed by atoms with van der Waals surface area (Å²) in [7, 11) is 0. The first kappa shape index (κ1) is 12.3. The fraction of sp³-hybridized carbons (Fsp3) is 1.00. The molecule has 0 aromatic carbocycles. The van der Waals surface area contributed by atoms with Gasteiger partial charge in [-0.3, -0.25) is 4.90 Å². The molecule has 4 nitrogen and oxygen atoms in total. The third-order valence-electron chi connectivity index (χ3n) is 3.70. The van der Waals surface area contributed by atoms with Gasteiger partial charge < -0.3 is 14.8 Å². The maximum Gasteiger partial charge on any atom is 0.0852 e. The number of nitrogens with zero attached hydrogens (tertiary/aromatic N) is 1. The molecule has 2 heterocycles. The van der Waals surface area contributed by atoms with Gasteiger partial charge in [0.1, 0.15) is 0 Å². The van der Waals surface area contributed by atoms with Gasteiger partial charge in [-0.05, 0) is 20.8 Å². The van der Waals surface area contributed by atoms with E-state index in [1.807, 2.05) is 0 Å². The number of rotatable bonds is 2. The zero-order chi connectivity index (χ0) is 11.6. The Bertz CT molecular complexity index is 227. The van der Waals surface area contributed by atoms with Gasteiger partial charge in [0.15, 0.2) is 0 Å². The van der Waals surface area contributed by atoms with Gasteiger partial charge in [-0.1, -0.05) is 0 Å². The van der Waals surface area contributed by atoms with Crippen LogP contribution < -0.4 is 5.32 Å². The summed E-state index contributed by atoms with van der Waals surface area (Å²) in [4.78, 5) is 2.52. The molecule has 2 aliphatic heterocycles. The van der Waals surface area contributed by atoms with Gasteiger partial charge in [-0.15, -0.1) is 0 Å². The van der Waals surface area contributed by atoms with Crippen molar-refractivity contribution in [2.75, 3.05) is 39.5 Å². The topological polar surface area (TPSA) is 33.7 Å². The maximum atomic E-state index is 5.84. The highest BCUT2D eigenvalue weighted by Crippen LogP contribution is 2.24. The molecule has 2 rings (SSSR count). The van der Waals surface area contributed by atoms with Crippen molar-refractivity contribution in [3.05, 3.63) is 0 Å². The maximum absolute atomic E-state index is 5.84. The lowest BCUT2D eigenvalue weighted by molar-refractivity contribution is -0.109. The predicted molar refractivity (Wildman–Crippen MR) is 63.7 cm³/mol. The van der Waals surface area contributed by atoms with Crippen LogP contribution in [-0.2, 0) is 9.47 Å². The minimum atomic E-state index is 0.123. The predicted octanol–water partition coefficient (Wildman–Crippen LogP) is 0.474. The second-order valence-corrected chi connectivity index (χ2v) is 5.41. The van der Waals surface area contributed by atoms with E-state index in [0.29, 0.717) is 12.1 Å². The van der Waals surface area contributed by atoms with E-state index in [2.05, 4.69) is 31.0 Å². The molecule has 16 heavy (non-hydrogen) atoms. The van der Waals surface area contributed by atoms with Gasteiger partial charge >= 0.3 is 0 Å². The summed E-state index contributed by atoms with van der Waals surface area (Å²) < 4.78 is 11.4. The molecular formula is C12H24N2O2. The third-order valence-corrected chi connectivity index (χ3v) is 3.70. The van der Waals surface area contributed by atoms with Crippen LogP contribution in [0.25, 0.3) is 0 Å². The molecule has 0 bridgehead atoms. The molecule has 0 saturated carbocycles. The highest BCUT2D eigenvalue weighted by molar-refractivity contribution is 4.91. The Kier molecular flexibility index (Phi) is 3.85. The van der Waals surface area contributed by atoms with Gasteiger partial charge in [0.05, 0.1) is 25.9 Å². The molecule has 2 atom stereocenters. The monoisotopic (exact) mass is 228 g/mol. The lowest BCUT2D eigenvalue weighted by Crippen LogP contribution is -2.61. The number of nitrogens with one attached hydrogen (secondary N) is 1. The molecule has 0 radical (unpaired) electrons. The lowest BCUT2D eigenvalue weighted by atomic mass is 9.97. The fourth-order valence-corrected chi connectivity index (χ4v) is 2.72. The molecule has 2 saturated heterocycles. The Morgan fingerprint density at radius 3 is 2.81 bits per heavy atom. The van der Waals surface area contributed by atoms with E-state index in [1.54, 1.807) is 0 Å². The Morgan fingerprint density at radius 1 is 1.38 bits per heavy atom. The normalized spacial score (nSPS) is 33.6. The molecule has 0 spiro atoms. The van der Waals surface area contributed by atoms with Gasteiger partial charge in [-0.25, -0.2) is 0 Å². The molecule has 2 fully saturated rings. The lowest BCUT2D eigenvalue weighted by Gasteiger charge is -2.48. The number of morpholine rings is 2. The summed E-state index contributed by atoms with van der Waals surface area (Å²) in [6, 6.07) is 0.451. The van der Waals surface area contributed by atoms with Crippen molar-refractivity contribution < 1.29 is 9.47 Å². The second-order valence-electron chi connectivity index (χ2n) is 5.41. The van der Waals surface area contributed by atoms with Crippen LogP contribution in [0.5, 0.6) is 0 Å². The Balaban J connectivity index is 1.98. The van der Waals surface area contributed by atoms with Crippen molar-refractivity contribution in [2.45, 2.75) is 38.5 Å². The van der Waals surface area contributed by atoms with E-state index in [4.69, 9.17) is 9.47 Å². The van der Waals surface area contributed by atoms with Gasteiger partial charge in [0, 0.05) is 31.2 Å². The standard InChI is InChI=1S/C12H24N2O2/c1-10(11-8-13-4-6-16-11)14-5-7-15-9-12(14,2)3/h10-11,13H,4-9H2,1-3H3. The summed E-state index contributed by atoms with van der Waals surface area (Å²) in [6.45, 7) is 12.2. The van der Waals surface area contributed by atoms with Crippen LogP contribution >= 0.6 is 0 Å². The zero-order valence-electron chi connectivity index (χ0n) is 10.7. The van der Waals surface area contributed by atoms with Crippen molar-refractivity contribution in [3.63, 3.8) is 0 Å². The summed E-state index contributed by atoms with van der Waals surface area (Å²) >= 11 is 0. The van der Waals surface area contributed by atoms with Crippen molar-refractivity contribution in [1.29, 1.82) is 0 Å². The van der Waals surface area contributed by atoms with Crippen LogP contribution in [0.15, 0.2) is 0 Å². The summed E-state index contributed by atoms with van der Waals surface area (Å²) in [5.41, 5.74) is 0.123. The van der Waals surface area contributed by atoms with E-state index in [-0.39, 0.29) is 5.54 Å². The van der Waals surface area contributed by atoms with Crippen LogP contribution in [0, 0.1) is 0 Å². The minimum Gasteiger partial charge on any atom is -0.378 e. The van der Waals surface area contributed by atoms with Crippen LogP contribution in [0.4, 0.5) is 0 Å². The first-order valence-corrected chi connectivity index (χ1v) is 6.28. The SMILES string of the molecule is CC(C1CNCCO1)N1CCOCC1(C)C. The van der Waals surface area contributed by atoms with Crippen molar-refractivity contribution in [1.82, 2.24) is 10.2 Å².